The minimum atomic E-state index is -1.19. The summed E-state index contributed by atoms with van der Waals surface area (Å²) in [5, 5.41) is 11.1. The zero-order valence-electron chi connectivity index (χ0n) is 11.3. The summed E-state index contributed by atoms with van der Waals surface area (Å²) in [5.74, 6) is 0.669. The summed E-state index contributed by atoms with van der Waals surface area (Å²) in [6.07, 6.45) is 6.64. The molecular formula is C14H18N2O3. The molecule has 1 aliphatic heterocycles. The molecule has 0 aromatic rings. The number of likely N-dealkylation sites (N-methyl/N-ethyl adjacent to an activating group) is 1. The zero-order valence-corrected chi connectivity index (χ0v) is 11.3. The fourth-order valence-corrected chi connectivity index (χ4v) is 2.08. The van der Waals surface area contributed by atoms with Crippen LogP contribution in [0.3, 0.4) is 0 Å². The van der Waals surface area contributed by atoms with Gasteiger partial charge in [-0.3, -0.25) is 10.1 Å². The Labute approximate surface area is 112 Å². The van der Waals surface area contributed by atoms with Crippen LogP contribution in [0.25, 0.3) is 0 Å². The summed E-state index contributed by atoms with van der Waals surface area (Å²) in [6.45, 7) is 9.53. The Balaban J connectivity index is 2.40. The van der Waals surface area contributed by atoms with Gasteiger partial charge in [-0.15, -0.1) is 0 Å². The van der Waals surface area contributed by atoms with Gasteiger partial charge in [-0.05, 0) is 36.8 Å². The first kappa shape index (κ1) is 13.4. The molecule has 0 aromatic heterocycles. The van der Waals surface area contributed by atoms with Crippen LogP contribution in [-0.4, -0.2) is 35.1 Å². The highest BCUT2D eigenvalue weighted by molar-refractivity contribution is 5.37. The molecule has 0 fully saturated rings. The van der Waals surface area contributed by atoms with E-state index in [0.29, 0.717) is 18.9 Å². The second kappa shape index (κ2) is 4.91. The van der Waals surface area contributed by atoms with Crippen LogP contribution in [0.2, 0.25) is 0 Å². The Bertz CT molecular complexity index is 505. The molecule has 0 radical (unpaired) electrons. The maximum Gasteiger partial charge on any atom is 0.256 e. The van der Waals surface area contributed by atoms with Gasteiger partial charge >= 0.3 is 0 Å². The van der Waals surface area contributed by atoms with Crippen LogP contribution in [0.5, 0.6) is 0 Å². The van der Waals surface area contributed by atoms with E-state index in [-0.39, 0.29) is 4.92 Å². The molecule has 5 nitrogen and oxygen atoms in total. The number of hydrogen-bond acceptors (Lipinski definition) is 4. The highest BCUT2D eigenvalue weighted by atomic mass is 16.6. The van der Waals surface area contributed by atoms with E-state index < -0.39 is 5.54 Å². The summed E-state index contributed by atoms with van der Waals surface area (Å²) in [4.78, 5) is 12.9. The van der Waals surface area contributed by atoms with Crippen LogP contribution in [0.4, 0.5) is 0 Å². The Morgan fingerprint density at radius 3 is 2.84 bits per heavy atom. The predicted molar refractivity (Wildman–Crippen MR) is 73.0 cm³/mol. The molecule has 102 valence electrons. The van der Waals surface area contributed by atoms with Crippen molar-refractivity contribution in [2.75, 3.05) is 19.7 Å². The van der Waals surface area contributed by atoms with E-state index in [4.69, 9.17) is 4.74 Å². The number of rotatable bonds is 2. The van der Waals surface area contributed by atoms with Gasteiger partial charge in [0.1, 0.15) is 12.4 Å². The van der Waals surface area contributed by atoms with Gasteiger partial charge in [0, 0.05) is 24.9 Å². The van der Waals surface area contributed by atoms with Crippen LogP contribution in [0.15, 0.2) is 47.9 Å². The smallest absolute Gasteiger partial charge is 0.256 e. The fraction of sp³-hybridized carbons (Fsp3) is 0.429. The van der Waals surface area contributed by atoms with Crippen molar-refractivity contribution in [3.05, 3.63) is 58.0 Å². The lowest BCUT2D eigenvalue weighted by atomic mass is 10.0. The number of hydrogen-bond donors (Lipinski definition) is 0. The average molecular weight is 262 g/mol. The normalized spacial score (nSPS) is 26.6. The summed E-state index contributed by atoms with van der Waals surface area (Å²) >= 11 is 0. The molecule has 5 heteroatoms. The van der Waals surface area contributed by atoms with Crippen LogP contribution in [-0.2, 0) is 4.74 Å². The summed E-state index contributed by atoms with van der Waals surface area (Å²) in [5.41, 5.74) is 0.683. The van der Waals surface area contributed by atoms with Crippen LogP contribution in [0.1, 0.15) is 13.8 Å². The second-order valence-corrected chi connectivity index (χ2v) is 4.95. The van der Waals surface area contributed by atoms with Gasteiger partial charge in [0.2, 0.25) is 0 Å². The first-order chi connectivity index (χ1) is 8.96. The molecule has 0 N–H and O–H groups in total. The van der Waals surface area contributed by atoms with Gasteiger partial charge < -0.3 is 9.64 Å². The molecule has 19 heavy (non-hydrogen) atoms. The van der Waals surface area contributed by atoms with Gasteiger partial charge in [0.15, 0.2) is 0 Å². The van der Waals surface area contributed by atoms with Crippen LogP contribution in [0, 0.1) is 10.1 Å². The second-order valence-electron chi connectivity index (χ2n) is 4.95. The molecule has 1 aliphatic carbocycles. The summed E-state index contributed by atoms with van der Waals surface area (Å²) in [6, 6.07) is 0. The molecule has 0 saturated carbocycles. The van der Waals surface area contributed by atoms with Crippen LogP contribution < -0.4 is 0 Å². The first-order valence-electron chi connectivity index (χ1n) is 6.28. The highest BCUT2D eigenvalue weighted by Gasteiger charge is 2.33. The Kier molecular flexibility index (Phi) is 3.46. The average Bonchev–Trinajstić information content (AvgIpc) is 2.63. The number of nitro groups is 1. The molecule has 1 unspecified atom stereocenters. The van der Waals surface area contributed by atoms with E-state index in [1.807, 2.05) is 6.92 Å². The van der Waals surface area contributed by atoms with E-state index in [1.54, 1.807) is 31.2 Å². The van der Waals surface area contributed by atoms with Crippen molar-refractivity contribution in [1.29, 1.82) is 0 Å². The van der Waals surface area contributed by atoms with Crippen molar-refractivity contribution >= 4 is 0 Å². The van der Waals surface area contributed by atoms with E-state index in [2.05, 4.69) is 11.5 Å². The van der Waals surface area contributed by atoms with Gasteiger partial charge in [0.25, 0.3) is 5.54 Å². The number of allylic oxidation sites excluding steroid dienone is 2. The number of nitrogens with zero attached hydrogens (tertiary/aromatic N) is 2. The predicted octanol–water partition coefficient (Wildman–Crippen LogP) is 2.27. The molecule has 2 rings (SSSR count). The van der Waals surface area contributed by atoms with E-state index in [9.17, 15) is 10.1 Å². The number of ether oxygens (including phenoxy) is 1. The quantitative estimate of drug-likeness (QED) is 0.435. The monoisotopic (exact) mass is 262 g/mol. The van der Waals surface area contributed by atoms with Crippen molar-refractivity contribution in [1.82, 2.24) is 4.90 Å². The van der Waals surface area contributed by atoms with Crippen molar-refractivity contribution in [2.45, 2.75) is 19.4 Å². The van der Waals surface area contributed by atoms with Gasteiger partial charge in [-0.25, -0.2) is 0 Å². The Hall–Kier alpha value is -2.04. The molecule has 1 atom stereocenters. The molecular weight excluding hydrogens is 244 g/mol. The van der Waals surface area contributed by atoms with Gasteiger partial charge in [-0.2, -0.15) is 0 Å². The lowest BCUT2D eigenvalue weighted by Crippen LogP contribution is -2.29. The minimum Gasteiger partial charge on any atom is -0.487 e. The molecule has 0 saturated heterocycles. The third kappa shape index (κ3) is 2.54. The van der Waals surface area contributed by atoms with Crippen molar-refractivity contribution in [2.24, 2.45) is 0 Å². The maximum absolute atomic E-state index is 11.1. The van der Waals surface area contributed by atoms with E-state index in [0.717, 1.165) is 17.8 Å². The SMILES string of the molecule is C=C1COC2=C(C=CC(C)([N+](=O)[O-])C=C2)N(CC)C1. The minimum absolute atomic E-state index is 0.304. The van der Waals surface area contributed by atoms with Gasteiger partial charge in [-0.1, -0.05) is 6.58 Å². The molecule has 0 bridgehead atoms. The summed E-state index contributed by atoms with van der Waals surface area (Å²) < 4.78 is 5.68. The van der Waals surface area contributed by atoms with Gasteiger partial charge in [0.05, 0.1) is 5.70 Å². The van der Waals surface area contributed by atoms with Crippen molar-refractivity contribution in [3.8, 4) is 0 Å². The maximum atomic E-state index is 11.1. The lowest BCUT2D eigenvalue weighted by Gasteiger charge is -2.22. The van der Waals surface area contributed by atoms with E-state index in [1.165, 1.54) is 0 Å². The molecule has 0 amide bonds. The zero-order chi connectivity index (χ0) is 14.0. The largest absolute Gasteiger partial charge is 0.487 e. The Morgan fingerprint density at radius 1 is 1.53 bits per heavy atom. The lowest BCUT2D eigenvalue weighted by molar-refractivity contribution is -0.535. The third-order valence-corrected chi connectivity index (χ3v) is 3.37. The van der Waals surface area contributed by atoms with Crippen molar-refractivity contribution < 1.29 is 9.66 Å². The van der Waals surface area contributed by atoms with Crippen LogP contribution >= 0.6 is 0 Å². The molecule has 0 spiro atoms. The molecule has 2 aliphatic rings. The van der Waals surface area contributed by atoms with Crippen molar-refractivity contribution in [3.63, 3.8) is 0 Å². The Morgan fingerprint density at radius 2 is 2.21 bits per heavy atom. The first-order valence-corrected chi connectivity index (χ1v) is 6.28. The topological polar surface area (TPSA) is 55.6 Å². The molecule has 0 aromatic carbocycles. The fourth-order valence-electron chi connectivity index (χ4n) is 2.08. The molecule has 1 heterocycles. The highest BCUT2D eigenvalue weighted by Crippen LogP contribution is 2.27. The standard InChI is InChI=1S/C14H18N2O3/c1-4-15-9-11(2)10-19-13-6-8-14(3,16(17)18)7-5-12(13)15/h5-8H,2,4,9-10H2,1,3H3. The third-order valence-electron chi connectivity index (χ3n) is 3.37. The summed E-state index contributed by atoms with van der Waals surface area (Å²) in [7, 11) is 0. The van der Waals surface area contributed by atoms with E-state index >= 15 is 0 Å².